The van der Waals surface area contributed by atoms with Gasteiger partial charge in [-0.3, -0.25) is 14.7 Å². The topological polar surface area (TPSA) is 79.4 Å². The predicted octanol–water partition coefficient (Wildman–Crippen LogP) is 6.16. The standard InChI is InChI=1S/C26H35Cl2N3O3S/c1-3-12-31(17-19-8-6-5-7-9-19)18-23-24(27)13-21(14-25(23)28)30-26(32)15-20-10-11-22(16-29-20)35(33,34)4-2/h10-11,13-14,16,19H,3-9,12,15,17-18H2,1-2H3,(H,30,32). The van der Waals surface area contributed by atoms with Crippen molar-refractivity contribution in [2.24, 2.45) is 5.92 Å². The Balaban J connectivity index is 1.63. The lowest BCUT2D eigenvalue weighted by molar-refractivity contribution is -0.115. The molecular weight excluding hydrogens is 505 g/mol. The first-order chi connectivity index (χ1) is 16.7. The quantitative estimate of drug-likeness (QED) is 0.370. The molecule has 0 atom stereocenters. The number of anilines is 1. The van der Waals surface area contributed by atoms with Gasteiger partial charge >= 0.3 is 0 Å². The average molecular weight is 541 g/mol. The summed E-state index contributed by atoms with van der Waals surface area (Å²) in [5, 5.41) is 3.88. The fourth-order valence-electron chi connectivity index (χ4n) is 4.57. The number of halogens is 2. The molecule has 0 aliphatic heterocycles. The van der Waals surface area contributed by atoms with Gasteiger partial charge in [0, 0.05) is 46.3 Å². The summed E-state index contributed by atoms with van der Waals surface area (Å²) in [5.41, 5.74) is 1.88. The van der Waals surface area contributed by atoms with Gasteiger partial charge in [0.05, 0.1) is 17.1 Å². The van der Waals surface area contributed by atoms with Gasteiger partial charge in [0.1, 0.15) is 0 Å². The second-order valence-electron chi connectivity index (χ2n) is 9.27. The Labute approximate surface area is 219 Å². The third-order valence-corrected chi connectivity index (χ3v) is 8.86. The molecule has 0 unspecified atom stereocenters. The SMILES string of the molecule is CCCN(Cc1c(Cl)cc(NC(=O)Cc2ccc(S(=O)(=O)CC)cn2)cc1Cl)CC1CCCCC1. The average Bonchev–Trinajstić information content (AvgIpc) is 2.82. The molecule has 1 N–H and O–H groups in total. The summed E-state index contributed by atoms with van der Waals surface area (Å²) in [6.45, 7) is 6.50. The van der Waals surface area contributed by atoms with Crippen LogP contribution in [0.2, 0.25) is 10.0 Å². The molecule has 192 valence electrons. The summed E-state index contributed by atoms with van der Waals surface area (Å²) in [5.74, 6) is 0.451. The van der Waals surface area contributed by atoms with E-state index in [9.17, 15) is 13.2 Å². The zero-order valence-electron chi connectivity index (χ0n) is 20.5. The van der Waals surface area contributed by atoms with Crippen LogP contribution in [-0.2, 0) is 27.6 Å². The van der Waals surface area contributed by atoms with Crippen LogP contribution in [0, 0.1) is 5.92 Å². The molecule has 3 rings (SSSR count). The maximum Gasteiger partial charge on any atom is 0.230 e. The minimum Gasteiger partial charge on any atom is -0.326 e. The van der Waals surface area contributed by atoms with Crippen molar-refractivity contribution in [1.29, 1.82) is 0 Å². The molecule has 6 nitrogen and oxygen atoms in total. The van der Waals surface area contributed by atoms with Crippen LogP contribution >= 0.6 is 23.2 Å². The van der Waals surface area contributed by atoms with E-state index < -0.39 is 9.84 Å². The lowest BCUT2D eigenvalue weighted by Gasteiger charge is -2.30. The van der Waals surface area contributed by atoms with Gasteiger partial charge in [-0.2, -0.15) is 0 Å². The molecule has 1 heterocycles. The van der Waals surface area contributed by atoms with E-state index in [1.165, 1.54) is 44.4 Å². The van der Waals surface area contributed by atoms with Crippen LogP contribution in [0.4, 0.5) is 5.69 Å². The summed E-state index contributed by atoms with van der Waals surface area (Å²) in [6, 6.07) is 6.50. The van der Waals surface area contributed by atoms with Crippen LogP contribution in [-0.4, -0.2) is 43.1 Å². The molecule has 1 saturated carbocycles. The van der Waals surface area contributed by atoms with Crippen molar-refractivity contribution in [3.63, 3.8) is 0 Å². The second kappa shape index (κ2) is 13.0. The van der Waals surface area contributed by atoms with Gasteiger partial charge in [0.2, 0.25) is 5.91 Å². The predicted molar refractivity (Wildman–Crippen MR) is 143 cm³/mol. The third kappa shape index (κ3) is 8.17. The molecule has 0 spiro atoms. The summed E-state index contributed by atoms with van der Waals surface area (Å²) < 4.78 is 23.8. The molecule has 1 aromatic carbocycles. The Kier molecular flexibility index (Phi) is 10.4. The van der Waals surface area contributed by atoms with Gasteiger partial charge in [-0.1, -0.05) is 56.3 Å². The van der Waals surface area contributed by atoms with Crippen molar-refractivity contribution in [2.45, 2.75) is 70.2 Å². The zero-order chi connectivity index (χ0) is 25.4. The second-order valence-corrected chi connectivity index (χ2v) is 12.4. The number of aromatic nitrogens is 1. The highest BCUT2D eigenvalue weighted by Gasteiger charge is 2.20. The fraction of sp³-hybridized carbons (Fsp3) is 0.538. The number of amides is 1. The highest BCUT2D eigenvalue weighted by atomic mass is 35.5. The van der Waals surface area contributed by atoms with E-state index in [1.54, 1.807) is 25.1 Å². The minimum atomic E-state index is -3.32. The number of hydrogen-bond donors (Lipinski definition) is 1. The van der Waals surface area contributed by atoms with Crippen molar-refractivity contribution in [1.82, 2.24) is 9.88 Å². The van der Waals surface area contributed by atoms with Crippen molar-refractivity contribution in [3.05, 3.63) is 51.8 Å². The number of hydrogen-bond acceptors (Lipinski definition) is 5. The molecule has 1 aliphatic rings. The van der Waals surface area contributed by atoms with Crippen molar-refractivity contribution in [3.8, 4) is 0 Å². The van der Waals surface area contributed by atoms with E-state index in [1.807, 2.05) is 0 Å². The van der Waals surface area contributed by atoms with E-state index in [2.05, 4.69) is 22.1 Å². The third-order valence-electron chi connectivity index (χ3n) is 6.47. The maximum absolute atomic E-state index is 12.5. The summed E-state index contributed by atoms with van der Waals surface area (Å²) in [7, 11) is -3.32. The zero-order valence-corrected chi connectivity index (χ0v) is 22.9. The molecule has 0 radical (unpaired) electrons. The summed E-state index contributed by atoms with van der Waals surface area (Å²) >= 11 is 13.2. The molecule has 1 fully saturated rings. The van der Waals surface area contributed by atoms with Crippen LogP contribution in [0.3, 0.4) is 0 Å². The van der Waals surface area contributed by atoms with Crippen LogP contribution in [0.15, 0.2) is 35.4 Å². The molecule has 35 heavy (non-hydrogen) atoms. The van der Waals surface area contributed by atoms with Crippen LogP contribution in [0.5, 0.6) is 0 Å². The monoisotopic (exact) mass is 539 g/mol. The van der Waals surface area contributed by atoms with Crippen LogP contribution in [0.1, 0.15) is 63.6 Å². The van der Waals surface area contributed by atoms with Gasteiger partial charge in [-0.25, -0.2) is 8.42 Å². The minimum absolute atomic E-state index is 0.00279. The van der Waals surface area contributed by atoms with Gasteiger partial charge in [-0.15, -0.1) is 0 Å². The number of carbonyl (C=O) groups is 1. The Morgan fingerprint density at radius 3 is 2.37 bits per heavy atom. The number of rotatable bonds is 11. The molecule has 9 heteroatoms. The van der Waals surface area contributed by atoms with Gasteiger partial charge in [0.15, 0.2) is 9.84 Å². The first-order valence-corrected chi connectivity index (χ1v) is 14.8. The number of benzene rings is 1. The van der Waals surface area contributed by atoms with Gasteiger partial charge < -0.3 is 5.32 Å². The fourth-order valence-corrected chi connectivity index (χ4v) is 6.00. The van der Waals surface area contributed by atoms with Crippen LogP contribution < -0.4 is 5.32 Å². The number of pyridine rings is 1. The van der Waals surface area contributed by atoms with Gasteiger partial charge in [0.25, 0.3) is 0 Å². The lowest BCUT2D eigenvalue weighted by atomic mass is 9.89. The van der Waals surface area contributed by atoms with E-state index in [0.29, 0.717) is 28.0 Å². The van der Waals surface area contributed by atoms with Gasteiger partial charge in [-0.05, 0) is 56.0 Å². The highest BCUT2D eigenvalue weighted by molar-refractivity contribution is 7.91. The summed E-state index contributed by atoms with van der Waals surface area (Å²) in [4.78, 5) is 19.3. The maximum atomic E-state index is 12.5. The van der Waals surface area contributed by atoms with E-state index in [4.69, 9.17) is 23.2 Å². The largest absolute Gasteiger partial charge is 0.326 e. The lowest BCUT2D eigenvalue weighted by Crippen LogP contribution is -2.31. The summed E-state index contributed by atoms with van der Waals surface area (Å²) in [6.07, 6.45) is 8.93. The van der Waals surface area contributed by atoms with Crippen LogP contribution in [0.25, 0.3) is 0 Å². The number of nitrogens with zero attached hydrogens (tertiary/aromatic N) is 2. The number of carbonyl (C=O) groups excluding carboxylic acids is 1. The molecule has 0 bridgehead atoms. The van der Waals surface area contributed by atoms with E-state index in [-0.39, 0.29) is 23.0 Å². The smallest absolute Gasteiger partial charge is 0.230 e. The van der Waals surface area contributed by atoms with E-state index in [0.717, 1.165) is 31.0 Å². The molecular formula is C26H35Cl2N3O3S. The molecule has 1 aliphatic carbocycles. The Hall–Kier alpha value is -1.67. The van der Waals surface area contributed by atoms with Crippen molar-refractivity contribution >= 4 is 44.6 Å². The molecule has 2 aromatic rings. The first-order valence-electron chi connectivity index (χ1n) is 12.4. The number of nitrogens with one attached hydrogen (secondary N) is 1. The van der Waals surface area contributed by atoms with Crippen molar-refractivity contribution in [2.75, 3.05) is 24.2 Å². The van der Waals surface area contributed by atoms with Crippen molar-refractivity contribution < 1.29 is 13.2 Å². The first kappa shape index (κ1) is 27.9. The molecule has 1 aromatic heterocycles. The Morgan fingerprint density at radius 2 is 1.80 bits per heavy atom. The highest BCUT2D eigenvalue weighted by Crippen LogP contribution is 2.32. The normalized spacial score (nSPS) is 14.9. The van der Waals surface area contributed by atoms with E-state index >= 15 is 0 Å². The number of sulfone groups is 1. The molecule has 0 saturated heterocycles. The Morgan fingerprint density at radius 1 is 1.11 bits per heavy atom. The molecule has 1 amide bonds. The Bertz CT molecular complexity index is 1080.